The van der Waals surface area contributed by atoms with Crippen molar-refractivity contribution in [2.75, 3.05) is 18.9 Å². The number of nitrogens with two attached hydrogens (primary N) is 1. The van der Waals surface area contributed by atoms with Crippen LogP contribution in [0.15, 0.2) is 10.8 Å². The average Bonchev–Trinajstić information content (AvgIpc) is 3.38. The molecule has 1 amide bonds. The van der Waals surface area contributed by atoms with Gasteiger partial charge in [0.05, 0.1) is 12.8 Å². The topological polar surface area (TPSA) is 134 Å². The first-order chi connectivity index (χ1) is 16.2. The summed E-state index contributed by atoms with van der Waals surface area (Å²) in [6.07, 6.45) is 4.91. The molecule has 2 N–H and O–H groups in total. The third kappa shape index (κ3) is 4.89. The highest BCUT2D eigenvalue weighted by Crippen LogP contribution is 2.35. The predicted octanol–water partition coefficient (Wildman–Crippen LogP) is 4.30. The lowest BCUT2D eigenvalue weighted by molar-refractivity contribution is 0.00744. The average molecular weight is 492 g/mol. The van der Waals surface area contributed by atoms with E-state index >= 15 is 0 Å². The Bertz CT molecular complexity index is 1170. The van der Waals surface area contributed by atoms with Gasteiger partial charge in [-0.1, -0.05) is 11.6 Å². The van der Waals surface area contributed by atoms with Crippen LogP contribution in [0, 0.1) is 0 Å². The van der Waals surface area contributed by atoms with Crippen molar-refractivity contribution < 1.29 is 18.9 Å². The van der Waals surface area contributed by atoms with Crippen molar-refractivity contribution in [3.05, 3.63) is 11.3 Å². The van der Waals surface area contributed by atoms with E-state index < -0.39 is 5.60 Å². The van der Waals surface area contributed by atoms with Crippen LogP contribution < -0.4 is 10.5 Å². The lowest BCUT2D eigenvalue weighted by Crippen LogP contribution is -2.46. The molecule has 0 saturated carbocycles. The van der Waals surface area contributed by atoms with Gasteiger partial charge in [0.25, 0.3) is 0 Å². The molecule has 1 aliphatic rings. The van der Waals surface area contributed by atoms with Gasteiger partial charge >= 0.3 is 6.09 Å². The number of halogens is 1. The van der Waals surface area contributed by atoms with Crippen LogP contribution in [0.5, 0.6) is 5.75 Å². The van der Waals surface area contributed by atoms with E-state index in [0.717, 1.165) is 19.3 Å². The molecule has 1 saturated heterocycles. The Morgan fingerprint density at radius 3 is 2.79 bits per heavy atom. The molecule has 0 radical (unpaired) electrons. The molecule has 0 bridgehead atoms. The third-order valence-corrected chi connectivity index (χ3v) is 5.97. The number of fused-ring (bicyclic) bond motifs is 1. The Morgan fingerprint density at radius 2 is 2.12 bits per heavy atom. The van der Waals surface area contributed by atoms with Crippen LogP contribution in [-0.2, 0) is 11.3 Å². The molecular weight excluding hydrogens is 462 g/mol. The number of imidazole rings is 1. The number of pyridine rings is 1. The summed E-state index contributed by atoms with van der Waals surface area (Å²) >= 11 is 6.34. The summed E-state index contributed by atoms with van der Waals surface area (Å²) in [7, 11) is 0. The highest BCUT2D eigenvalue weighted by atomic mass is 35.5. The number of carbonyl (C=O) groups excluding carboxylic acids is 1. The summed E-state index contributed by atoms with van der Waals surface area (Å²) in [5, 5.41) is 7.76. The third-order valence-electron chi connectivity index (χ3n) is 5.70. The molecule has 3 aromatic heterocycles. The van der Waals surface area contributed by atoms with Crippen LogP contribution in [-0.4, -0.2) is 60.6 Å². The molecular formula is C22H30ClN7O4. The lowest BCUT2D eigenvalue weighted by atomic mass is 10.0. The monoisotopic (exact) mass is 491 g/mol. The van der Waals surface area contributed by atoms with Gasteiger partial charge in [-0.15, -0.1) is 0 Å². The molecule has 4 heterocycles. The number of aryl methyl sites for hydroxylation is 1. The van der Waals surface area contributed by atoms with Gasteiger partial charge < -0.3 is 24.7 Å². The number of hydrogen-bond acceptors (Lipinski definition) is 9. The zero-order valence-electron chi connectivity index (χ0n) is 19.9. The number of piperidine rings is 1. The zero-order chi connectivity index (χ0) is 24.5. The number of carbonyl (C=O) groups is 1. The Kier molecular flexibility index (Phi) is 6.83. The number of ether oxygens (including phenoxy) is 2. The molecule has 0 aromatic carbocycles. The van der Waals surface area contributed by atoms with E-state index in [1.54, 1.807) is 6.20 Å². The molecule has 1 atom stereocenters. The van der Waals surface area contributed by atoms with Crippen LogP contribution in [0.25, 0.3) is 22.6 Å². The van der Waals surface area contributed by atoms with Crippen molar-refractivity contribution in [2.24, 2.45) is 0 Å². The summed E-state index contributed by atoms with van der Waals surface area (Å²) in [5.74, 6) is 1.14. The van der Waals surface area contributed by atoms with Crippen molar-refractivity contribution in [1.29, 1.82) is 0 Å². The molecule has 34 heavy (non-hydrogen) atoms. The fourth-order valence-corrected chi connectivity index (χ4v) is 4.38. The van der Waals surface area contributed by atoms with Crippen LogP contribution >= 0.6 is 11.6 Å². The van der Waals surface area contributed by atoms with Gasteiger partial charge in [-0.2, -0.15) is 0 Å². The molecule has 4 rings (SSSR count). The highest BCUT2D eigenvalue weighted by molar-refractivity contribution is 6.34. The largest absolute Gasteiger partial charge is 0.490 e. The first-order valence-electron chi connectivity index (χ1n) is 11.4. The first kappa shape index (κ1) is 24.1. The summed E-state index contributed by atoms with van der Waals surface area (Å²) < 4.78 is 18.4. The summed E-state index contributed by atoms with van der Waals surface area (Å²) in [5.41, 5.74) is 6.85. The minimum absolute atomic E-state index is 0.0481. The quantitative estimate of drug-likeness (QED) is 0.500. The van der Waals surface area contributed by atoms with Crippen molar-refractivity contribution >= 4 is 34.5 Å². The molecule has 3 aromatic rings. The summed E-state index contributed by atoms with van der Waals surface area (Å²) in [6, 6.07) is 0.0481. The Labute approximate surface area is 202 Å². The maximum Gasteiger partial charge on any atom is 0.410 e. The van der Waals surface area contributed by atoms with E-state index in [-0.39, 0.29) is 23.1 Å². The second-order valence-electron chi connectivity index (χ2n) is 9.25. The first-order valence-corrected chi connectivity index (χ1v) is 11.8. The Balaban J connectivity index is 1.54. The number of likely N-dealkylation sites (tertiary alicyclic amines) is 1. The molecule has 0 spiro atoms. The zero-order valence-corrected chi connectivity index (χ0v) is 20.6. The van der Waals surface area contributed by atoms with Gasteiger partial charge in [-0.25, -0.2) is 19.4 Å². The van der Waals surface area contributed by atoms with Gasteiger partial charge in [0.1, 0.15) is 16.6 Å². The Morgan fingerprint density at radius 1 is 1.32 bits per heavy atom. The normalized spacial score (nSPS) is 16.7. The number of amides is 1. The van der Waals surface area contributed by atoms with Crippen molar-refractivity contribution in [2.45, 2.75) is 71.6 Å². The summed E-state index contributed by atoms with van der Waals surface area (Å²) in [6.45, 7) is 9.22. The van der Waals surface area contributed by atoms with Crippen LogP contribution in [0.1, 0.15) is 53.4 Å². The molecule has 1 unspecified atom stereocenters. The van der Waals surface area contributed by atoms with Crippen LogP contribution in [0.4, 0.5) is 10.6 Å². The maximum absolute atomic E-state index is 12.7. The minimum atomic E-state index is -0.533. The second-order valence-corrected chi connectivity index (χ2v) is 9.61. The van der Waals surface area contributed by atoms with Crippen molar-refractivity contribution in [3.8, 4) is 17.3 Å². The standard InChI is InChI=1S/C22H30ClN7O4/c1-5-29-17-14(12-25-18(23)15(17)26-20(29)16-19(24)28-34-27-16)32-11-9-13-8-6-7-10-30(13)21(31)33-22(2,3)4/h12-13H,5-11H2,1-4H3,(H2,24,28). The van der Waals surface area contributed by atoms with Gasteiger partial charge in [0.2, 0.25) is 0 Å². The molecule has 184 valence electrons. The number of hydrogen-bond donors (Lipinski definition) is 1. The fraction of sp³-hybridized carbons (Fsp3) is 0.591. The van der Waals surface area contributed by atoms with E-state index in [4.69, 9.17) is 31.4 Å². The number of aromatic nitrogens is 5. The fourth-order valence-electron chi connectivity index (χ4n) is 4.20. The van der Waals surface area contributed by atoms with Gasteiger partial charge in [-0.05, 0) is 57.3 Å². The second kappa shape index (κ2) is 9.65. The van der Waals surface area contributed by atoms with Crippen LogP contribution in [0.3, 0.4) is 0 Å². The van der Waals surface area contributed by atoms with Gasteiger partial charge in [0.15, 0.2) is 28.2 Å². The van der Waals surface area contributed by atoms with Crippen molar-refractivity contribution in [3.63, 3.8) is 0 Å². The lowest BCUT2D eigenvalue weighted by Gasteiger charge is -2.36. The Hall–Kier alpha value is -3.08. The SMILES string of the molecule is CCn1c(-c2nonc2N)nc2c(Cl)ncc(OCCC3CCCCN3C(=O)OC(C)(C)C)c21. The van der Waals surface area contributed by atoms with Crippen molar-refractivity contribution in [1.82, 2.24) is 29.7 Å². The van der Waals surface area contributed by atoms with E-state index in [1.807, 2.05) is 37.2 Å². The number of nitrogens with zero attached hydrogens (tertiary/aromatic N) is 6. The minimum Gasteiger partial charge on any atom is -0.490 e. The molecule has 0 aliphatic carbocycles. The molecule has 1 aliphatic heterocycles. The van der Waals surface area contributed by atoms with Gasteiger partial charge in [0, 0.05) is 25.6 Å². The molecule has 12 heteroatoms. The number of anilines is 1. The number of rotatable bonds is 6. The molecule has 11 nitrogen and oxygen atoms in total. The van der Waals surface area contributed by atoms with E-state index in [1.165, 1.54) is 0 Å². The smallest absolute Gasteiger partial charge is 0.410 e. The molecule has 1 fully saturated rings. The van der Waals surface area contributed by atoms with E-state index in [2.05, 4.69) is 20.3 Å². The summed E-state index contributed by atoms with van der Waals surface area (Å²) in [4.78, 5) is 23.3. The van der Waals surface area contributed by atoms with Gasteiger partial charge in [-0.3, -0.25) is 0 Å². The number of nitrogen functional groups attached to an aromatic ring is 1. The van der Waals surface area contributed by atoms with E-state index in [0.29, 0.717) is 54.4 Å². The van der Waals surface area contributed by atoms with E-state index in [9.17, 15) is 4.79 Å². The van der Waals surface area contributed by atoms with Crippen LogP contribution in [0.2, 0.25) is 5.15 Å². The highest BCUT2D eigenvalue weighted by Gasteiger charge is 2.30. The maximum atomic E-state index is 12.7. The predicted molar refractivity (Wildman–Crippen MR) is 127 cm³/mol.